The summed E-state index contributed by atoms with van der Waals surface area (Å²) < 4.78 is 4.69. The second kappa shape index (κ2) is 6.32. The smallest absolute Gasteiger partial charge is 0.325 e. The summed E-state index contributed by atoms with van der Waals surface area (Å²) >= 11 is 0. The fourth-order valence-corrected chi connectivity index (χ4v) is 1.65. The molecular weight excluding hydrogens is 210 g/mol. The van der Waals surface area contributed by atoms with Gasteiger partial charge in [-0.2, -0.15) is 0 Å². The van der Waals surface area contributed by atoms with Crippen molar-refractivity contribution in [3.8, 4) is 0 Å². The van der Waals surface area contributed by atoms with E-state index >= 15 is 0 Å². The third kappa shape index (κ3) is 4.48. The van der Waals surface area contributed by atoms with Crippen molar-refractivity contribution in [2.45, 2.75) is 19.4 Å². The molecule has 16 heavy (non-hydrogen) atoms. The molecule has 0 radical (unpaired) electrons. The van der Waals surface area contributed by atoms with Crippen molar-refractivity contribution in [2.24, 2.45) is 0 Å². The highest BCUT2D eigenvalue weighted by Crippen LogP contribution is 2.05. The Bertz CT molecular complexity index is 258. The molecule has 92 valence electrons. The summed E-state index contributed by atoms with van der Waals surface area (Å²) in [6.07, 6.45) is 0.948. The third-order valence-corrected chi connectivity index (χ3v) is 2.43. The van der Waals surface area contributed by atoms with E-state index in [1.165, 1.54) is 0 Å². The van der Waals surface area contributed by atoms with Crippen molar-refractivity contribution in [3.05, 3.63) is 0 Å². The van der Waals surface area contributed by atoms with Gasteiger partial charge < -0.3 is 20.3 Å². The van der Waals surface area contributed by atoms with Crippen molar-refractivity contribution >= 4 is 12.0 Å². The summed E-state index contributed by atoms with van der Waals surface area (Å²) in [5.74, 6) is -0.416. The van der Waals surface area contributed by atoms with Crippen LogP contribution in [0.25, 0.3) is 0 Å². The van der Waals surface area contributed by atoms with E-state index in [0.717, 1.165) is 19.5 Å². The van der Waals surface area contributed by atoms with Gasteiger partial charge in [0.2, 0.25) is 0 Å². The Kier molecular flexibility index (Phi) is 5.04. The van der Waals surface area contributed by atoms with Gasteiger partial charge in [0, 0.05) is 12.6 Å². The summed E-state index contributed by atoms with van der Waals surface area (Å²) in [6.45, 7) is 3.82. The molecule has 1 unspecified atom stereocenters. The van der Waals surface area contributed by atoms with Gasteiger partial charge in [-0.3, -0.25) is 4.79 Å². The summed E-state index contributed by atoms with van der Waals surface area (Å²) in [5.41, 5.74) is 0. The second-order valence-corrected chi connectivity index (χ2v) is 3.88. The lowest BCUT2D eigenvalue weighted by Gasteiger charge is -2.13. The maximum atomic E-state index is 11.4. The molecule has 1 rings (SSSR count). The summed E-state index contributed by atoms with van der Waals surface area (Å²) in [7, 11) is 2.01. The van der Waals surface area contributed by atoms with Crippen LogP contribution in [0.5, 0.6) is 0 Å². The van der Waals surface area contributed by atoms with Gasteiger partial charge in [0.05, 0.1) is 6.61 Å². The first-order valence-electron chi connectivity index (χ1n) is 5.50. The minimum Gasteiger partial charge on any atom is -0.465 e. The van der Waals surface area contributed by atoms with Gasteiger partial charge in [0.15, 0.2) is 0 Å². The number of nitrogens with one attached hydrogen (secondary N) is 2. The molecule has 1 fully saturated rings. The van der Waals surface area contributed by atoms with Crippen LogP contribution in [-0.2, 0) is 9.53 Å². The molecule has 1 atom stereocenters. The zero-order valence-electron chi connectivity index (χ0n) is 9.78. The normalized spacial score (nSPS) is 20.5. The molecule has 0 aliphatic carbocycles. The van der Waals surface area contributed by atoms with Crippen LogP contribution in [0.1, 0.15) is 13.3 Å². The quantitative estimate of drug-likeness (QED) is 0.641. The standard InChI is InChI=1S/C10H19N3O3/c1-3-16-9(14)6-11-10(15)12-8-4-5-13(2)7-8/h8H,3-7H2,1-2H3,(H2,11,12,15). The van der Waals surface area contributed by atoms with E-state index in [9.17, 15) is 9.59 Å². The molecule has 0 aromatic rings. The first-order valence-corrected chi connectivity index (χ1v) is 5.50. The zero-order valence-corrected chi connectivity index (χ0v) is 9.78. The van der Waals surface area contributed by atoms with E-state index < -0.39 is 5.97 Å². The molecule has 2 amide bonds. The average Bonchev–Trinajstić information content (AvgIpc) is 2.61. The fourth-order valence-electron chi connectivity index (χ4n) is 1.65. The molecular formula is C10H19N3O3. The molecule has 0 aromatic heterocycles. The molecule has 1 aliphatic heterocycles. The number of rotatable bonds is 4. The molecule has 6 nitrogen and oxygen atoms in total. The lowest BCUT2D eigenvalue weighted by Crippen LogP contribution is -2.44. The van der Waals surface area contributed by atoms with Crippen molar-refractivity contribution in [1.29, 1.82) is 0 Å². The lowest BCUT2D eigenvalue weighted by atomic mass is 10.3. The Morgan fingerprint density at radius 2 is 2.25 bits per heavy atom. The van der Waals surface area contributed by atoms with Crippen molar-refractivity contribution in [3.63, 3.8) is 0 Å². The van der Waals surface area contributed by atoms with Crippen LogP contribution < -0.4 is 10.6 Å². The van der Waals surface area contributed by atoms with Gasteiger partial charge in [0.25, 0.3) is 0 Å². The number of hydrogen-bond donors (Lipinski definition) is 2. The number of amides is 2. The molecule has 0 saturated carbocycles. The number of nitrogens with zero attached hydrogens (tertiary/aromatic N) is 1. The van der Waals surface area contributed by atoms with E-state index in [-0.39, 0.29) is 18.6 Å². The third-order valence-electron chi connectivity index (χ3n) is 2.43. The number of carbonyl (C=O) groups excluding carboxylic acids is 2. The van der Waals surface area contributed by atoms with Gasteiger partial charge in [-0.05, 0) is 26.9 Å². The lowest BCUT2D eigenvalue weighted by molar-refractivity contribution is -0.141. The molecule has 0 spiro atoms. The van der Waals surface area contributed by atoms with Crippen LogP contribution in [0.3, 0.4) is 0 Å². The van der Waals surface area contributed by atoms with Gasteiger partial charge in [-0.1, -0.05) is 0 Å². The number of esters is 1. The maximum Gasteiger partial charge on any atom is 0.325 e. The van der Waals surface area contributed by atoms with Crippen LogP contribution in [0.15, 0.2) is 0 Å². The fraction of sp³-hybridized carbons (Fsp3) is 0.800. The van der Waals surface area contributed by atoms with Crippen LogP contribution >= 0.6 is 0 Å². The molecule has 0 aromatic carbocycles. The largest absolute Gasteiger partial charge is 0.465 e. The van der Waals surface area contributed by atoms with Gasteiger partial charge in [0.1, 0.15) is 6.54 Å². The second-order valence-electron chi connectivity index (χ2n) is 3.88. The zero-order chi connectivity index (χ0) is 12.0. The summed E-state index contributed by atoms with van der Waals surface area (Å²) in [4.78, 5) is 24.5. The number of likely N-dealkylation sites (N-methyl/N-ethyl adjacent to an activating group) is 1. The Hall–Kier alpha value is -1.30. The van der Waals surface area contributed by atoms with Crippen LogP contribution in [-0.4, -0.2) is 56.2 Å². The molecule has 0 bridgehead atoms. The van der Waals surface area contributed by atoms with Gasteiger partial charge in [-0.15, -0.1) is 0 Å². The van der Waals surface area contributed by atoms with E-state index in [4.69, 9.17) is 0 Å². The Morgan fingerprint density at radius 3 is 2.81 bits per heavy atom. The summed E-state index contributed by atoms with van der Waals surface area (Å²) in [5, 5.41) is 5.27. The monoisotopic (exact) mass is 229 g/mol. The van der Waals surface area contributed by atoms with E-state index in [1.807, 2.05) is 7.05 Å². The highest BCUT2D eigenvalue weighted by Gasteiger charge is 2.20. The molecule has 1 saturated heterocycles. The number of carbonyl (C=O) groups is 2. The van der Waals surface area contributed by atoms with E-state index in [0.29, 0.717) is 6.61 Å². The minimum atomic E-state index is -0.416. The number of urea groups is 1. The molecule has 2 N–H and O–H groups in total. The number of ether oxygens (including phenoxy) is 1. The Morgan fingerprint density at radius 1 is 1.50 bits per heavy atom. The van der Waals surface area contributed by atoms with Crippen molar-refractivity contribution < 1.29 is 14.3 Å². The highest BCUT2D eigenvalue weighted by molar-refractivity contribution is 5.80. The Labute approximate surface area is 95.3 Å². The SMILES string of the molecule is CCOC(=O)CNC(=O)NC1CCN(C)C1. The first kappa shape index (κ1) is 12.8. The first-order chi connectivity index (χ1) is 7.61. The minimum absolute atomic E-state index is 0.0811. The highest BCUT2D eigenvalue weighted by atomic mass is 16.5. The van der Waals surface area contributed by atoms with Crippen LogP contribution in [0.4, 0.5) is 4.79 Å². The summed E-state index contributed by atoms with van der Waals surface area (Å²) in [6, 6.07) is -0.138. The average molecular weight is 229 g/mol. The predicted molar refractivity (Wildman–Crippen MR) is 59.1 cm³/mol. The number of hydrogen-bond acceptors (Lipinski definition) is 4. The topological polar surface area (TPSA) is 70.7 Å². The van der Waals surface area contributed by atoms with Crippen LogP contribution in [0.2, 0.25) is 0 Å². The van der Waals surface area contributed by atoms with Gasteiger partial charge >= 0.3 is 12.0 Å². The van der Waals surface area contributed by atoms with Gasteiger partial charge in [-0.25, -0.2) is 4.79 Å². The van der Waals surface area contributed by atoms with Crippen LogP contribution in [0, 0.1) is 0 Å². The molecule has 1 aliphatic rings. The predicted octanol–water partition coefficient (Wildman–Crippen LogP) is -0.447. The van der Waals surface area contributed by atoms with Crippen molar-refractivity contribution in [2.75, 3.05) is 33.3 Å². The van der Waals surface area contributed by atoms with E-state index in [1.54, 1.807) is 6.92 Å². The van der Waals surface area contributed by atoms with E-state index in [2.05, 4.69) is 20.3 Å². The molecule has 1 heterocycles. The Balaban J connectivity index is 2.13. The van der Waals surface area contributed by atoms with Crippen molar-refractivity contribution in [1.82, 2.24) is 15.5 Å². The number of likely N-dealkylation sites (tertiary alicyclic amines) is 1. The molecule has 6 heteroatoms. The maximum absolute atomic E-state index is 11.4.